The number of benzene rings is 8. The first kappa shape index (κ1) is 34.2. The Hall–Kier alpha value is -6.82. The van der Waals surface area contributed by atoms with E-state index < -0.39 is 13.3 Å². The van der Waals surface area contributed by atoms with Crippen LogP contribution in [0.1, 0.15) is 25.0 Å². The third kappa shape index (κ3) is 4.77. The van der Waals surface area contributed by atoms with Crippen LogP contribution < -0.4 is 17.6 Å². The molecular weight excluding hydrogens is 775 g/mol. The number of rotatable bonds is 5. The van der Waals surface area contributed by atoms with Crippen molar-refractivity contribution in [3.05, 3.63) is 211 Å². The molecule has 1 aliphatic heterocycles. The molecular formula is C55H39GeN3. The fourth-order valence-corrected chi connectivity index (χ4v) is 21.5. The van der Waals surface area contributed by atoms with Gasteiger partial charge in [-0.15, -0.1) is 0 Å². The van der Waals surface area contributed by atoms with Gasteiger partial charge in [0.15, 0.2) is 0 Å². The van der Waals surface area contributed by atoms with Gasteiger partial charge in [-0.25, -0.2) is 0 Å². The number of hydrogen-bond donors (Lipinski definition) is 0. The van der Waals surface area contributed by atoms with Crippen molar-refractivity contribution in [1.82, 2.24) is 14.5 Å². The summed E-state index contributed by atoms with van der Waals surface area (Å²) in [5.74, 6) is 0.738. The minimum atomic E-state index is -3.80. The quantitative estimate of drug-likeness (QED) is 0.162. The van der Waals surface area contributed by atoms with E-state index in [1.807, 2.05) is 0 Å². The van der Waals surface area contributed by atoms with E-state index in [0.29, 0.717) is 0 Å². The Bertz CT molecular complexity index is 3250. The van der Waals surface area contributed by atoms with Gasteiger partial charge in [0.25, 0.3) is 0 Å². The fourth-order valence-electron chi connectivity index (χ4n) is 10.5. The summed E-state index contributed by atoms with van der Waals surface area (Å²) in [6, 6.07) is 73.8. The average Bonchev–Trinajstić information content (AvgIpc) is 3.87. The summed E-state index contributed by atoms with van der Waals surface area (Å²) in [6.07, 6.45) is 0. The number of aromatic nitrogens is 3. The zero-order valence-electron chi connectivity index (χ0n) is 32.9. The van der Waals surface area contributed by atoms with Crippen molar-refractivity contribution in [2.75, 3.05) is 0 Å². The Morgan fingerprint density at radius 1 is 0.441 bits per heavy atom. The SMILES string of the molecule is CC1(C)c2ccccc2-c2cc3c(cc21)c1ccccc1n3-c1ccccc1-c1nc(-c2ccccc2)nc2[c]1[Ge]([c]1ccccc1)([c]1ccccc1)[c]1ccccc1-2. The van der Waals surface area contributed by atoms with Gasteiger partial charge in [0.1, 0.15) is 0 Å². The van der Waals surface area contributed by atoms with Gasteiger partial charge in [-0.2, -0.15) is 0 Å². The van der Waals surface area contributed by atoms with Crippen molar-refractivity contribution in [2.24, 2.45) is 0 Å². The van der Waals surface area contributed by atoms with Crippen LogP contribution in [-0.4, -0.2) is 27.8 Å². The number of fused-ring (bicyclic) bond motifs is 9. The first-order valence-corrected chi connectivity index (χ1v) is 24.7. The molecule has 0 unspecified atom stereocenters. The van der Waals surface area contributed by atoms with Crippen molar-refractivity contribution < 1.29 is 0 Å². The summed E-state index contributed by atoms with van der Waals surface area (Å²) >= 11 is -3.80. The standard InChI is InChI=1S/C55H39GeN3/c1-55(2)45-30-16-12-26-39(45)43-35-50-44(34-46(43)55)40-27-14-18-32-48(40)59(50)49-33-19-15-29-42(49)53-51-52(57-54(58-53)36-20-6-3-7-21-36)41-28-13-17-31-47(41)56(51,37-22-8-4-9-23-37)38-24-10-5-11-25-38/h3-35H,1-2H3. The Kier molecular flexibility index (Phi) is 7.45. The maximum atomic E-state index is 5.77. The first-order valence-electron chi connectivity index (χ1n) is 20.5. The molecule has 0 bridgehead atoms. The van der Waals surface area contributed by atoms with E-state index in [4.69, 9.17) is 9.97 Å². The summed E-state index contributed by atoms with van der Waals surface area (Å²) in [6.45, 7) is 4.74. The average molecular weight is 815 g/mol. The summed E-state index contributed by atoms with van der Waals surface area (Å²) in [5.41, 5.74) is 14.1. The zero-order valence-corrected chi connectivity index (χ0v) is 35.0. The van der Waals surface area contributed by atoms with Gasteiger partial charge in [0.05, 0.1) is 0 Å². The van der Waals surface area contributed by atoms with Crippen LogP contribution >= 0.6 is 0 Å². The summed E-state index contributed by atoms with van der Waals surface area (Å²) in [5, 5.41) is 2.51. The van der Waals surface area contributed by atoms with Gasteiger partial charge in [-0.3, -0.25) is 0 Å². The Balaban J connectivity index is 1.23. The van der Waals surface area contributed by atoms with Crippen molar-refractivity contribution in [3.63, 3.8) is 0 Å². The normalized spacial score (nSPS) is 14.2. The molecule has 0 amide bonds. The van der Waals surface area contributed by atoms with Crippen LogP contribution in [-0.2, 0) is 5.41 Å². The van der Waals surface area contributed by atoms with E-state index in [1.54, 1.807) is 0 Å². The Morgan fingerprint density at radius 3 is 1.73 bits per heavy atom. The van der Waals surface area contributed by atoms with Crippen LogP contribution in [0, 0.1) is 0 Å². The van der Waals surface area contributed by atoms with E-state index in [-0.39, 0.29) is 5.41 Å². The third-order valence-corrected chi connectivity index (χ3v) is 23.3. The van der Waals surface area contributed by atoms with Crippen LogP contribution in [0.4, 0.5) is 0 Å². The first-order chi connectivity index (χ1) is 29.0. The van der Waals surface area contributed by atoms with E-state index in [9.17, 15) is 0 Å². The summed E-state index contributed by atoms with van der Waals surface area (Å²) in [4.78, 5) is 11.4. The molecule has 2 aliphatic rings. The van der Waals surface area contributed by atoms with Crippen molar-refractivity contribution in [3.8, 4) is 50.7 Å². The molecule has 2 aromatic heterocycles. The van der Waals surface area contributed by atoms with Crippen LogP contribution in [0.25, 0.3) is 72.5 Å². The topological polar surface area (TPSA) is 30.7 Å². The van der Waals surface area contributed by atoms with Gasteiger partial charge in [-0.05, 0) is 0 Å². The Morgan fingerprint density at radius 2 is 1.00 bits per heavy atom. The molecule has 3 heterocycles. The second-order valence-corrected chi connectivity index (χ2v) is 24.2. The van der Waals surface area contributed by atoms with Gasteiger partial charge in [0, 0.05) is 0 Å². The number of para-hydroxylation sites is 2. The van der Waals surface area contributed by atoms with E-state index >= 15 is 0 Å². The van der Waals surface area contributed by atoms with Crippen LogP contribution in [0.2, 0.25) is 0 Å². The molecule has 59 heavy (non-hydrogen) atoms. The second kappa shape index (κ2) is 12.8. The summed E-state index contributed by atoms with van der Waals surface area (Å²) in [7, 11) is 0. The van der Waals surface area contributed by atoms with Gasteiger partial charge >= 0.3 is 348 Å². The Labute approximate surface area is 346 Å². The van der Waals surface area contributed by atoms with Gasteiger partial charge in [0.2, 0.25) is 0 Å². The van der Waals surface area contributed by atoms with E-state index in [0.717, 1.165) is 34.0 Å². The van der Waals surface area contributed by atoms with Crippen molar-refractivity contribution >= 4 is 52.7 Å². The minimum absolute atomic E-state index is 0.101. The molecule has 4 heteroatoms. The monoisotopic (exact) mass is 815 g/mol. The molecule has 3 nitrogen and oxygen atoms in total. The van der Waals surface area contributed by atoms with Gasteiger partial charge < -0.3 is 0 Å². The van der Waals surface area contributed by atoms with Gasteiger partial charge in [-0.1, -0.05) is 0 Å². The molecule has 0 radical (unpaired) electrons. The van der Waals surface area contributed by atoms with E-state index in [2.05, 4.69) is 219 Å². The fraction of sp³-hybridized carbons (Fsp3) is 0.0545. The molecule has 12 rings (SSSR count). The molecule has 0 N–H and O–H groups in total. The molecule has 8 aromatic carbocycles. The molecule has 278 valence electrons. The predicted molar refractivity (Wildman–Crippen MR) is 247 cm³/mol. The van der Waals surface area contributed by atoms with Crippen LogP contribution in [0.3, 0.4) is 0 Å². The predicted octanol–water partition coefficient (Wildman–Crippen LogP) is 10.6. The van der Waals surface area contributed by atoms with Crippen molar-refractivity contribution in [2.45, 2.75) is 19.3 Å². The molecule has 1 aliphatic carbocycles. The number of nitrogens with zero attached hydrogens (tertiary/aromatic N) is 3. The molecule has 0 spiro atoms. The third-order valence-electron chi connectivity index (χ3n) is 13.1. The molecule has 10 aromatic rings. The molecule has 0 atom stereocenters. The van der Waals surface area contributed by atoms with Crippen LogP contribution in [0.5, 0.6) is 0 Å². The molecule has 0 saturated carbocycles. The summed E-state index contributed by atoms with van der Waals surface area (Å²) < 4.78 is 7.92. The van der Waals surface area contributed by atoms with Crippen LogP contribution in [0.15, 0.2) is 200 Å². The molecule has 0 fully saturated rings. The zero-order chi connectivity index (χ0) is 39.3. The van der Waals surface area contributed by atoms with E-state index in [1.165, 1.54) is 67.2 Å². The van der Waals surface area contributed by atoms with Crippen molar-refractivity contribution in [1.29, 1.82) is 0 Å². The maximum absolute atomic E-state index is 5.77. The second-order valence-electron chi connectivity index (χ2n) is 16.5. The number of hydrogen-bond acceptors (Lipinski definition) is 2. The molecule has 0 saturated heterocycles.